The first kappa shape index (κ1) is 9.68. The quantitative estimate of drug-likeness (QED) is 0.629. The Balaban J connectivity index is 2.48. The highest BCUT2D eigenvalue weighted by atomic mass is 16.5. The molecule has 0 radical (unpaired) electrons. The molecule has 0 aromatic carbocycles. The molecule has 1 aliphatic heterocycles. The van der Waals surface area contributed by atoms with Crippen molar-refractivity contribution in [2.45, 2.75) is 25.9 Å². The van der Waals surface area contributed by atoms with Crippen molar-refractivity contribution in [1.29, 1.82) is 0 Å². The normalized spacial score (nSPS) is 35.3. The average Bonchev–Trinajstić information content (AvgIpc) is 2.44. The van der Waals surface area contributed by atoms with Gasteiger partial charge in [0.25, 0.3) is 0 Å². The van der Waals surface area contributed by atoms with Gasteiger partial charge in [-0.15, -0.1) is 0 Å². The van der Waals surface area contributed by atoms with E-state index in [9.17, 15) is 4.79 Å². The zero-order valence-corrected chi connectivity index (χ0v) is 7.80. The van der Waals surface area contributed by atoms with Crippen LogP contribution in [0.4, 0.5) is 0 Å². The molecule has 12 heavy (non-hydrogen) atoms. The summed E-state index contributed by atoms with van der Waals surface area (Å²) in [6.07, 6.45) is 2.80. The Bertz CT molecular complexity index is 161. The van der Waals surface area contributed by atoms with Crippen molar-refractivity contribution in [3.63, 3.8) is 0 Å². The standard InChI is InChI=1S/C9H17NO2/c1-9(4-3-5-11)7-10-6-8(9)12-2/h5,8,10H,3-4,6-7H2,1-2H3. The second kappa shape index (κ2) is 4.01. The number of hydrogen-bond donors (Lipinski definition) is 1. The van der Waals surface area contributed by atoms with E-state index in [4.69, 9.17) is 4.74 Å². The van der Waals surface area contributed by atoms with Crippen LogP contribution in [0.25, 0.3) is 0 Å². The minimum atomic E-state index is 0.148. The Kier molecular flexibility index (Phi) is 3.23. The smallest absolute Gasteiger partial charge is 0.120 e. The molecule has 0 aromatic heterocycles. The topological polar surface area (TPSA) is 38.3 Å². The molecule has 0 aromatic rings. The summed E-state index contributed by atoms with van der Waals surface area (Å²) in [6, 6.07) is 0. The molecule has 0 spiro atoms. The maximum atomic E-state index is 10.2. The summed E-state index contributed by atoms with van der Waals surface area (Å²) in [4.78, 5) is 10.2. The molecular formula is C9H17NO2. The van der Waals surface area contributed by atoms with E-state index in [2.05, 4.69) is 12.2 Å². The van der Waals surface area contributed by atoms with Crippen molar-refractivity contribution in [3.8, 4) is 0 Å². The lowest BCUT2D eigenvalue weighted by Gasteiger charge is -2.28. The molecule has 2 atom stereocenters. The first-order valence-corrected chi connectivity index (χ1v) is 4.40. The van der Waals surface area contributed by atoms with Crippen LogP contribution >= 0.6 is 0 Å². The summed E-state index contributed by atoms with van der Waals surface area (Å²) < 4.78 is 5.35. The Morgan fingerprint density at radius 1 is 1.75 bits per heavy atom. The Labute approximate surface area is 73.5 Å². The van der Waals surface area contributed by atoms with Crippen LogP contribution in [-0.2, 0) is 9.53 Å². The minimum Gasteiger partial charge on any atom is -0.380 e. The number of ether oxygens (including phenoxy) is 1. The summed E-state index contributed by atoms with van der Waals surface area (Å²) in [5, 5.41) is 3.28. The molecule has 1 fully saturated rings. The minimum absolute atomic E-state index is 0.148. The summed E-state index contributed by atoms with van der Waals surface area (Å²) >= 11 is 0. The van der Waals surface area contributed by atoms with Crippen molar-refractivity contribution in [2.24, 2.45) is 5.41 Å². The van der Waals surface area contributed by atoms with E-state index in [1.165, 1.54) is 0 Å². The molecule has 3 heteroatoms. The van der Waals surface area contributed by atoms with Crippen LogP contribution in [0.1, 0.15) is 19.8 Å². The number of carbonyl (C=O) groups is 1. The number of hydrogen-bond acceptors (Lipinski definition) is 3. The van der Waals surface area contributed by atoms with Crippen LogP contribution in [0.5, 0.6) is 0 Å². The summed E-state index contributed by atoms with van der Waals surface area (Å²) in [5.74, 6) is 0. The fourth-order valence-electron chi connectivity index (χ4n) is 1.85. The second-order valence-electron chi connectivity index (χ2n) is 3.71. The molecular weight excluding hydrogens is 154 g/mol. The first-order chi connectivity index (χ1) is 5.73. The molecule has 0 amide bonds. The molecule has 1 rings (SSSR count). The molecule has 1 heterocycles. The summed E-state index contributed by atoms with van der Waals surface area (Å²) in [5.41, 5.74) is 0.148. The van der Waals surface area contributed by atoms with Gasteiger partial charge in [-0.1, -0.05) is 6.92 Å². The highest BCUT2D eigenvalue weighted by Crippen LogP contribution is 2.31. The van der Waals surface area contributed by atoms with E-state index in [1.54, 1.807) is 7.11 Å². The summed E-state index contributed by atoms with van der Waals surface area (Å²) in [6.45, 7) is 4.04. The lowest BCUT2D eigenvalue weighted by Crippen LogP contribution is -2.32. The highest BCUT2D eigenvalue weighted by Gasteiger charge is 2.38. The molecule has 0 saturated carbocycles. The first-order valence-electron chi connectivity index (χ1n) is 4.40. The van der Waals surface area contributed by atoms with Gasteiger partial charge in [0.1, 0.15) is 6.29 Å². The van der Waals surface area contributed by atoms with Crippen LogP contribution in [-0.4, -0.2) is 32.6 Å². The van der Waals surface area contributed by atoms with E-state index in [-0.39, 0.29) is 11.5 Å². The predicted octanol–water partition coefficient (Wildman–Crippen LogP) is 0.590. The lowest BCUT2D eigenvalue weighted by atomic mass is 9.82. The van der Waals surface area contributed by atoms with Gasteiger partial charge in [0.05, 0.1) is 6.10 Å². The molecule has 1 saturated heterocycles. The van der Waals surface area contributed by atoms with Crippen molar-refractivity contribution < 1.29 is 9.53 Å². The molecule has 70 valence electrons. The third kappa shape index (κ3) is 1.84. The lowest BCUT2D eigenvalue weighted by molar-refractivity contribution is -0.108. The van der Waals surface area contributed by atoms with Gasteiger partial charge >= 0.3 is 0 Å². The summed E-state index contributed by atoms with van der Waals surface area (Å²) in [7, 11) is 1.73. The molecule has 0 bridgehead atoms. The van der Waals surface area contributed by atoms with E-state index in [0.717, 1.165) is 25.8 Å². The average molecular weight is 171 g/mol. The third-order valence-electron chi connectivity index (χ3n) is 2.75. The van der Waals surface area contributed by atoms with Gasteiger partial charge < -0.3 is 14.8 Å². The van der Waals surface area contributed by atoms with Crippen LogP contribution in [0.2, 0.25) is 0 Å². The second-order valence-corrected chi connectivity index (χ2v) is 3.71. The number of rotatable bonds is 4. The van der Waals surface area contributed by atoms with Crippen LogP contribution < -0.4 is 5.32 Å². The van der Waals surface area contributed by atoms with E-state index < -0.39 is 0 Å². The van der Waals surface area contributed by atoms with Gasteiger partial charge in [-0.2, -0.15) is 0 Å². The number of aldehydes is 1. The SMILES string of the molecule is COC1CNCC1(C)CCC=O. The molecule has 2 unspecified atom stereocenters. The zero-order valence-electron chi connectivity index (χ0n) is 7.80. The van der Waals surface area contributed by atoms with Gasteiger partial charge in [0, 0.05) is 32.0 Å². The van der Waals surface area contributed by atoms with Crippen molar-refractivity contribution in [2.75, 3.05) is 20.2 Å². The molecule has 1 aliphatic rings. The van der Waals surface area contributed by atoms with Crippen molar-refractivity contribution in [3.05, 3.63) is 0 Å². The monoisotopic (exact) mass is 171 g/mol. The van der Waals surface area contributed by atoms with Gasteiger partial charge in [0.2, 0.25) is 0 Å². The van der Waals surface area contributed by atoms with E-state index in [0.29, 0.717) is 6.42 Å². The van der Waals surface area contributed by atoms with E-state index >= 15 is 0 Å². The van der Waals surface area contributed by atoms with E-state index in [1.807, 2.05) is 0 Å². The number of carbonyl (C=O) groups excluding carboxylic acids is 1. The maximum absolute atomic E-state index is 10.2. The highest BCUT2D eigenvalue weighted by molar-refractivity contribution is 5.49. The third-order valence-corrected chi connectivity index (χ3v) is 2.75. The van der Waals surface area contributed by atoms with Gasteiger partial charge in [-0.25, -0.2) is 0 Å². The van der Waals surface area contributed by atoms with Crippen molar-refractivity contribution in [1.82, 2.24) is 5.32 Å². The van der Waals surface area contributed by atoms with Crippen LogP contribution in [0.15, 0.2) is 0 Å². The van der Waals surface area contributed by atoms with Gasteiger partial charge in [-0.3, -0.25) is 0 Å². The van der Waals surface area contributed by atoms with Crippen LogP contribution in [0.3, 0.4) is 0 Å². The fourth-order valence-corrected chi connectivity index (χ4v) is 1.85. The number of methoxy groups -OCH3 is 1. The van der Waals surface area contributed by atoms with Crippen molar-refractivity contribution >= 4 is 6.29 Å². The molecule has 0 aliphatic carbocycles. The van der Waals surface area contributed by atoms with Gasteiger partial charge in [0.15, 0.2) is 0 Å². The zero-order chi connectivity index (χ0) is 9.03. The number of nitrogens with one attached hydrogen (secondary N) is 1. The Morgan fingerprint density at radius 3 is 3.08 bits per heavy atom. The largest absolute Gasteiger partial charge is 0.380 e. The Hall–Kier alpha value is -0.410. The molecule has 3 nitrogen and oxygen atoms in total. The molecule has 1 N–H and O–H groups in total. The Morgan fingerprint density at radius 2 is 2.50 bits per heavy atom. The predicted molar refractivity (Wildman–Crippen MR) is 47.1 cm³/mol. The fraction of sp³-hybridized carbons (Fsp3) is 0.889. The van der Waals surface area contributed by atoms with Gasteiger partial charge in [-0.05, 0) is 6.42 Å². The van der Waals surface area contributed by atoms with Crippen LogP contribution in [0, 0.1) is 5.41 Å². The maximum Gasteiger partial charge on any atom is 0.120 e.